The average Bonchev–Trinajstić information content (AvgIpc) is 2.59. The zero-order valence-corrected chi connectivity index (χ0v) is 10.2. The van der Waals surface area contributed by atoms with E-state index in [1.165, 1.54) is 12.0 Å². The molecule has 17 heavy (non-hydrogen) atoms. The topological polar surface area (TPSA) is 104 Å². The summed E-state index contributed by atoms with van der Waals surface area (Å²) in [6.45, 7) is 2.07. The number of hydrogen-bond donors (Lipinski definition) is 3. The number of ether oxygens (including phenoxy) is 1. The molecule has 96 valence electrons. The summed E-state index contributed by atoms with van der Waals surface area (Å²) in [5.41, 5.74) is 6.87. The lowest BCUT2D eigenvalue weighted by Gasteiger charge is -2.19. The number of H-pyrrole nitrogens is 1. The number of nitrogen functional groups attached to an aromatic ring is 1. The number of nitrogens with one attached hydrogen (secondary N) is 1. The molecule has 1 aromatic heterocycles. The monoisotopic (exact) mass is 242 g/mol. The van der Waals surface area contributed by atoms with E-state index in [0.29, 0.717) is 11.4 Å². The minimum atomic E-state index is -0.727. The number of aliphatic hydroxyl groups is 1. The second-order valence-corrected chi connectivity index (χ2v) is 3.91. The number of likely N-dealkylation sites (N-methyl/N-ethyl adjacent to an activating group) is 1. The van der Waals surface area contributed by atoms with Gasteiger partial charge in [-0.1, -0.05) is 0 Å². The van der Waals surface area contributed by atoms with Crippen LogP contribution < -0.4 is 5.73 Å². The first-order chi connectivity index (χ1) is 7.97. The lowest BCUT2D eigenvalue weighted by molar-refractivity contribution is 0.0378. The van der Waals surface area contributed by atoms with E-state index in [1.54, 1.807) is 14.0 Å². The van der Waals surface area contributed by atoms with E-state index in [0.717, 1.165) is 0 Å². The summed E-state index contributed by atoms with van der Waals surface area (Å²) >= 11 is 0. The van der Waals surface area contributed by atoms with E-state index in [2.05, 4.69) is 10.2 Å². The van der Waals surface area contributed by atoms with Crippen LogP contribution in [0.3, 0.4) is 0 Å². The van der Waals surface area contributed by atoms with Crippen LogP contribution in [0.2, 0.25) is 0 Å². The largest absolute Gasteiger partial charge is 0.395 e. The molecule has 7 heteroatoms. The number of methoxy groups -OCH3 is 1. The minimum absolute atomic E-state index is 0.165. The Morgan fingerprint density at radius 2 is 2.35 bits per heavy atom. The molecule has 1 rings (SSSR count). The molecule has 1 atom stereocenters. The first-order valence-corrected chi connectivity index (χ1v) is 5.20. The third-order valence-electron chi connectivity index (χ3n) is 2.39. The minimum Gasteiger partial charge on any atom is -0.395 e. The van der Waals surface area contributed by atoms with Gasteiger partial charge >= 0.3 is 0 Å². The molecule has 1 unspecified atom stereocenters. The maximum Gasteiger partial charge on any atom is 0.276 e. The summed E-state index contributed by atoms with van der Waals surface area (Å²) < 4.78 is 4.78. The van der Waals surface area contributed by atoms with Gasteiger partial charge in [0, 0.05) is 20.7 Å². The van der Waals surface area contributed by atoms with E-state index < -0.39 is 6.10 Å². The van der Waals surface area contributed by atoms with Crippen LogP contribution in [0.1, 0.15) is 16.2 Å². The van der Waals surface area contributed by atoms with Gasteiger partial charge in [-0.15, -0.1) is 0 Å². The maximum absolute atomic E-state index is 11.9. The first kappa shape index (κ1) is 13.5. The summed E-state index contributed by atoms with van der Waals surface area (Å²) in [5.74, 6) is -0.331. The molecular formula is C10H18N4O3. The molecule has 0 aliphatic rings. The molecule has 0 spiro atoms. The molecule has 4 N–H and O–H groups in total. The third-order valence-corrected chi connectivity index (χ3v) is 2.39. The number of nitrogens with zero attached hydrogens (tertiary/aromatic N) is 2. The van der Waals surface area contributed by atoms with Crippen molar-refractivity contribution < 1.29 is 14.6 Å². The molecule has 0 aliphatic heterocycles. The quantitative estimate of drug-likeness (QED) is 0.638. The number of amides is 1. The van der Waals surface area contributed by atoms with Gasteiger partial charge in [0.05, 0.1) is 24.1 Å². The highest BCUT2D eigenvalue weighted by molar-refractivity contribution is 5.97. The van der Waals surface area contributed by atoms with Crippen molar-refractivity contribution in [3.63, 3.8) is 0 Å². The van der Waals surface area contributed by atoms with E-state index in [-0.39, 0.29) is 24.8 Å². The van der Waals surface area contributed by atoms with Gasteiger partial charge in [-0.2, -0.15) is 5.10 Å². The summed E-state index contributed by atoms with van der Waals surface area (Å²) in [6, 6.07) is 0. The third kappa shape index (κ3) is 3.18. The zero-order valence-electron chi connectivity index (χ0n) is 10.2. The molecule has 0 saturated carbocycles. The number of aliphatic hydroxyl groups excluding tert-OH is 1. The molecule has 0 bridgehead atoms. The van der Waals surface area contributed by atoms with Gasteiger partial charge in [-0.05, 0) is 6.92 Å². The Bertz CT molecular complexity index is 391. The normalized spacial score (nSPS) is 12.5. The molecule has 0 aliphatic carbocycles. The molecule has 1 heterocycles. The Hall–Kier alpha value is -1.60. The fourth-order valence-electron chi connectivity index (χ4n) is 1.43. The Balaban J connectivity index is 2.67. The number of anilines is 1. The molecule has 0 aromatic carbocycles. The van der Waals surface area contributed by atoms with E-state index >= 15 is 0 Å². The van der Waals surface area contributed by atoms with Gasteiger partial charge in [0.25, 0.3) is 5.91 Å². The lowest BCUT2D eigenvalue weighted by atomic mass is 10.2. The zero-order chi connectivity index (χ0) is 13.0. The van der Waals surface area contributed by atoms with Crippen LogP contribution in [0.5, 0.6) is 0 Å². The van der Waals surface area contributed by atoms with Crippen LogP contribution in [0.4, 0.5) is 5.69 Å². The molecule has 1 aromatic rings. The first-order valence-electron chi connectivity index (χ1n) is 5.20. The summed E-state index contributed by atoms with van der Waals surface area (Å²) in [7, 11) is 3.06. The standard InChI is InChI=1S/C10H18N4O3/c1-6-8(11)9(13-12-6)10(16)14(2)4-7(15)5-17-3/h7,15H,4-5,11H2,1-3H3,(H,12,13). The highest BCUT2D eigenvalue weighted by Gasteiger charge is 2.20. The van der Waals surface area contributed by atoms with Gasteiger partial charge in [-0.25, -0.2) is 0 Å². The maximum atomic E-state index is 11.9. The van der Waals surface area contributed by atoms with Crippen LogP contribution in [0, 0.1) is 6.92 Å². The number of aromatic nitrogens is 2. The Morgan fingerprint density at radius 3 is 2.82 bits per heavy atom. The molecule has 1 amide bonds. The Morgan fingerprint density at radius 1 is 1.71 bits per heavy atom. The number of aryl methyl sites for hydroxylation is 1. The highest BCUT2D eigenvalue weighted by atomic mass is 16.5. The van der Waals surface area contributed by atoms with Crippen molar-refractivity contribution in [2.24, 2.45) is 0 Å². The number of carbonyl (C=O) groups excluding carboxylic acids is 1. The SMILES string of the molecule is COCC(O)CN(C)C(=O)c1n[nH]c(C)c1N. The van der Waals surface area contributed by atoms with Gasteiger partial charge in [0.1, 0.15) is 0 Å². The van der Waals surface area contributed by atoms with Crippen molar-refractivity contribution in [2.45, 2.75) is 13.0 Å². The van der Waals surface area contributed by atoms with E-state index in [9.17, 15) is 9.90 Å². The van der Waals surface area contributed by atoms with Crippen LogP contribution in [-0.4, -0.2) is 59.5 Å². The predicted octanol–water partition coefficient (Wildman–Crippen LogP) is -0.620. The molecule has 0 radical (unpaired) electrons. The second-order valence-electron chi connectivity index (χ2n) is 3.91. The van der Waals surface area contributed by atoms with Crippen LogP contribution in [-0.2, 0) is 4.74 Å². The predicted molar refractivity (Wildman–Crippen MR) is 62.6 cm³/mol. The fourth-order valence-corrected chi connectivity index (χ4v) is 1.43. The summed E-state index contributed by atoms with van der Waals surface area (Å²) in [5, 5.41) is 16.0. The van der Waals surface area contributed by atoms with Gasteiger partial charge in [-0.3, -0.25) is 9.89 Å². The summed E-state index contributed by atoms with van der Waals surface area (Å²) in [4.78, 5) is 13.3. The Labute approximate surface area is 99.6 Å². The second kappa shape index (κ2) is 5.65. The Kier molecular flexibility index (Phi) is 4.47. The van der Waals surface area contributed by atoms with Crippen LogP contribution >= 0.6 is 0 Å². The van der Waals surface area contributed by atoms with Crippen molar-refractivity contribution in [1.29, 1.82) is 0 Å². The molecule has 0 fully saturated rings. The summed E-state index contributed by atoms with van der Waals surface area (Å²) in [6.07, 6.45) is -0.727. The molecular weight excluding hydrogens is 224 g/mol. The van der Waals surface area contributed by atoms with Crippen LogP contribution in [0.15, 0.2) is 0 Å². The van der Waals surface area contributed by atoms with Gasteiger partial charge in [0.2, 0.25) is 0 Å². The van der Waals surface area contributed by atoms with Crippen molar-refractivity contribution in [1.82, 2.24) is 15.1 Å². The number of nitrogens with two attached hydrogens (primary N) is 1. The lowest BCUT2D eigenvalue weighted by Crippen LogP contribution is -2.36. The van der Waals surface area contributed by atoms with Crippen molar-refractivity contribution in [2.75, 3.05) is 33.0 Å². The molecule has 7 nitrogen and oxygen atoms in total. The van der Waals surface area contributed by atoms with Crippen molar-refractivity contribution in [3.8, 4) is 0 Å². The van der Waals surface area contributed by atoms with E-state index in [4.69, 9.17) is 10.5 Å². The molecule has 0 saturated heterocycles. The van der Waals surface area contributed by atoms with Gasteiger partial charge in [0.15, 0.2) is 5.69 Å². The number of rotatable bonds is 5. The average molecular weight is 242 g/mol. The van der Waals surface area contributed by atoms with Crippen molar-refractivity contribution in [3.05, 3.63) is 11.4 Å². The fraction of sp³-hybridized carbons (Fsp3) is 0.600. The van der Waals surface area contributed by atoms with Crippen molar-refractivity contribution >= 4 is 11.6 Å². The highest BCUT2D eigenvalue weighted by Crippen LogP contribution is 2.14. The van der Waals surface area contributed by atoms with Crippen LogP contribution in [0.25, 0.3) is 0 Å². The number of hydrogen-bond acceptors (Lipinski definition) is 5. The number of aromatic amines is 1. The van der Waals surface area contributed by atoms with E-state index in [1.807, 2.05) is 0 Å². The number of carbonyl (C=O) groups is 1. The van der Waals surface area contributed by atoms with Gasteiger partial charge < -0.3 is 20.5 Å². The smallest absolute Gasteiger partial charge is 0.276 e.